The second-order valence-corrected chi connectivity index (χ2v) is 6.27. The SMILES string of the molecule is CCSCC(C)N1CCNC(C(C)CC)C1. The quantitative estimate of drug-likeness (QED) is 0.772. The van der Waals surface area contributed by atoms with E-state index in [0.717, 1.165) is 18.5 Å². The summed E-state index contributed by atoms with van der Waals surface area (Å²) in [5, 5.41) is 3.66. The van der Waals surface area contributed by atoms with Gasteiger partial charge in [-0.25, -0.2) is 0 Å². The minimum Gasteiger partial charge on any atom is -0.311 e. The minimum absolute atomic E-state index is 0.702. The molecular formula is C13H28N2S. The fourth-order valence-electron chi connectivity index (χ4n) is 2.26. The standard InChI is InChI=1S/C13H28N2S/c1-5-11(3)13-9-15(8-7-14-13)12(4)10-16-6-2/h11-14H,5-10H2,1-4H3. The summed E-state index contributed by atoms with van der Waals surface area (Å²) in [5.74, 6) is 3.32. The first kappa shape index (κ1) is 14.3. The molecule has 96 valence electrons. The van der Waals surface area contributed by atoms with Crippen LogP contribution in [0.25, 0.3) is 0 Å². The summed E-state index contributed by atoms with van der Waals surface area (Å²) < 4.78 is 0. The molecule has 1 saturated heterocycles. The number of nitrogens with one attached hydrogen (secondary N) is 1. The van der Waals surface area contributed by atoms with Crippen molar-refractivity contribution >= 4 is 11.8 Å². The molecule has 0 aromatic carbocycles. The molecule has 1 rings (SSSR count). The van der Waals surface area contributed by atoms with Gasteiger partial charge in [-0.15, -0.1) is 0 Å². The molecule has 1 aliphatic heterocycles. The van der Waals surface area contributed by atoms with E-state index in [0.29, 0.717) is 6.04 Å². The Hall–Kier alpha value is 0.270. The summed E-state index contributed by atoms with van der Waals surface area (Å²) in [6, 6.07) is 1.44. The van der Waals surface area contributed by atoms with Gasteiger partial charge >= 0.3 is 0 Å². The van der Waals surface area contributed by atoms with Crippen LogP contribution >= 0.6 is 11.8 Å². The van der Waals surface area contributed by atoms with Crippen molar-refractivity contribution in [2.24, 2.45) is 5.92 Å². The maximum atomic E-state index is 3.66. The van der Waals surface area contributed by atoms with Crippen molar-refractivity contribution in [3.63, 3.8) is 0 Å². The second kappa shape index (κ2) is 7.57. The average Bonchev–Trinajstić information content (AvgIpc) is 2.35. The van der Waals surface area contributed by atoms with E-state index < -0.39 is 0 Å². The molecule has 0 aromatic rings. The lowest BCUT2D eigenvalue weighted by atomic mass is 9.97. The van der Waals surface area contributed by atoms with Gasteiger partial charge < -0.3 is 5.32 Å². The molecule has 1 fully saturated rings. The molecule has 1 N–H and O–H groups in total. The van der Waals surface area contributed by atoms with Gasteiger partial charge in [0, 0.05) is 37.5 Å². The lowest BCUT2D eigenvalue weighted by molar-refractivity contribution is 0.140. The number of rotatable bonds is 6. The highest BCUT2D eigenvalue weighted by Gasteiger charge is 2.25. The van der Waals surface area contributed by atoms with Crippen molar-refractivity contribution in [1.82, 2.24) is 10.2 Å². The highest BCUT2D eigenvalue weighted by Crippen LogP contribution is 2.16. The van der Waals surface area contributed by atoms with E-state index in [1.54, 1.807) is 0 Å². The molecule has 0 radical (unpaired) electrons. The highest BCUT2D eigenvalue weighted by atomic mass is 32.2. The molecule has 0 saturated carbocycles. The summed E-state index contributed by atoms with van der Waals surface area (Å²) in [7, 11) is 0. The van der Waals surface area contributed by atoms with Crippen molar-refractivity contribution in [2.75, 3.05) is 31.1 Å². The zero-order chi connectivity index (χ0) is 12.0. The molecular weight excluding hydrogens is 216 g/mol. The molecule has 0 aliphatic carbocycles. The van der Waals surface area contributed by atoms with E-state index in [2.05, 4.69) is 49.7 Å². The van der Waals surface area contributed by atoms with Crippen molar-refractivity contribution in [3.8, 4) is 0 Å². The molecule has 3 heteroatoms. The zero-order valence-electron chi connectivity index (χ0n) is 11.3. The van der Waals surface area contributed by atoms with Crippen LogP contribution in [0.5, 0.6) is 0 Å². The Morgan fingerprint density at radius 3 is 2.75 bits per heavy atom. The van der Waals surface area contributed by atoms with Crippen molar-refractivity contribution < 1.29 is 0 Å². The average molecular weight is 244 g/mol. The summed E-state index contributed by atoms with van der Waals surface area (Å²) in [4.78, 5) is 2.66. The van der Waals surface area contributed by atoms with Crippen LogP contribution in [0, 0.1) is 5.92 Å². The van der Waals surface area contributed by atoms with E-state index in [1.165, 1.54) is 31.0 Å². The first-order valence-corrected chi connectivity index (χ1v) is 7.89. The predicted octanol–water partition coefficient (Wildman–Crippen LogP) is 2.45. The molecule has 3 atom stereocenters. The Bertz CT molecular complexity index is 187. The van der Waals surface area contributed by atoms with Gasteiger partial charge in [-0.2, -0.15) is 11.8 Å². The summed E-state index contributed by atoms with van der Waals surface area (Å²) >= 11 is 2.06. The first-order valence-electron chi connectivity index (χ1n) is 6.74. The number of thioether (sulfide) groups is 1. The van der Waals surface area contributed by atoms with Gasteiger partial charge in [-0.05, 0) is 18.6 Å². The zero-order valence-corrected chi connectivity index (χ0v) is 12.1. The molecule has 16 heavy (non-hydrogen) atoms. The van der Waals surface area contributed by atoms with Crippen LogP contribution in [0.2, 0.25) is 0 Å². The Kier molecular flexibility index (Phi) is 6.78. The Balaban J connectivity index is 2.37. The van der Waals surface area contributed by atoms with Crippen LogP contribution in [0.15, 0.2) is 0 Å². The molecule has 0 bridgehead atoms. The lowest BCUT2D eigenvalue weighted by Crippen LogP contribution is -2.55. The van der Waals surface area contributed by atoms with Crippen LogP contribution in [-0.2, 0) is 0 Å². The minimum atomic E-state index is 0.702. The van der Waals surface area contributed by atoms with Gasteiger partial charge in [0.25, 0.3) is 0 Å². The van der Waals surface area contributed by atoms with Gasteiger partial charge in [0.05, 0.1) is 0 Å². The number of hydrogen-bond acceptors (Lipinski definition) is 3. The number of piperazine rings is 1. The summed E-state index contributed by atoms with van der Waals surface area (Å²) in [6.07, 6.45) is 1.28. The van der Waals surface area contributed by atoms with E-state index in [9.17, 15) is 0 Å². The van der Waals surface area contributed by atoms with Gasteiger partial charge in [-0.3, -0.25) is 4.90 Å². The molecule has 2 nitrogen and oxygen atoms in total. The monoisotopic (exact) mass is 244 g/mol. The number of nitrogens with zero attached hydrogens (tertiary/aromatic N) is 1. The van der Waals surface area contributed by atoms with E-state index in [4.69, 9.17) is 0 Å². The molecule has 1 heterocycles. The summed E-state index contributed by atoms with van der Waals surface area (Å²) in [6.45, 7) is 12.9. The van der Waals surface area contributed by atoms with E-state index >= 15 is 0 Å². The Morgan fingerprint density at radius 1 is 1.38 bits per heavy atom. The molecule has 3 unspecified atom stereocenters. The van der Waals surface area contributed by atoms with Gasteiger partial charge in [0.15, 0.2) is 0 Å². The van der Waals surface area contributed by atoms with Crippen molar-refractivity contribution in [2.45, 2.75) is 46.2 Å². The van der Waals surface area contributed by atoms with Crippen molar-refractivity contribution in [3.05, 3.63) is 0 Å². The third-order valence-corrected chi connectivity index (χ3v) is 4.88. The first-order chi connectivity index (χ1) is 7.69. The third kappa shape index (κ3) is 4.27. The van der Waals surface area contributed by atoms with E-state index in [1.807, 2.05) is 0 Å². The predicted molar refractivity (Wildman–Crippen MR) is 75.3 cm³/mol. The molecule has 0 aromatic heterocycles. The fraction of sp³-hybridized carbons (Fsp3) is 1.00. The lowest BCUT2D eigenvalue weighted by Gasteiger charge is -2.39. The largest absolute Gasteiger partial charge is 0.311 e. The van der Waals surface area contributed by atoms with E-state index in [-0.39, 0.29) is 0 Å². The summed E-state index contributed by atoms with van der Waals surface area (Å²) in [5.41, 5.74) is 0. The van der Waals surface area contributed by atoms with Crippen LogP contribution in [0.1, 0.15) is 34.1 Å². The maximum absolute atomic E-state index is 3.66. The van der Waals surface area contributed by atoms with Crippen LogP contribution in [0.3, 0.4) is 0 Å². The molecule has 1 aliphatic rings. The second-order valence-electron chi connectivity index (χ2n) is 4.95. The van der Waals surface area contributed by atoms with Crippen molar-refractivity contribution in [1.29, 1.82) is 0 Å². The molecule has 0 amide bonds. The highest BCUT2D eigenvalue weighted by molar-refractivity contribution is 7.99. The number of hydrogen-bond donors (Lipinski definition) is 1. The van der Waals surface area contributed by atoms with Crippen LogP contribution in [-0.4, -0.2) is 48.1 Å². The smallest absolute Gasteiger partial charge is 0.0221 e. The third-order valence-electron chi connectivity index (χ3n) is 3.75. The topological polar surface area (TPSA) is 15.3 Å². The van der Waals surface area contributed by atoms with Gasteiger partial charge in [0.1, 0.15) is 0 Å². The van der Waals surface area contributed by atoms with Crippen LogP contribution in [0.4, 0.5) is 0 Å². The Morgan fingerprint density at radius 2 is 2.12 bits per heavy atom. The molecule has 0 spiro atoms. The van der Waals surface area contributed by atoms with Crippen LogP contribution < -0.4 is 5.32 Å². The van der Waals surface area contributed by atoms with Gasteiger partial charge in [0.2, 0.25) is 0 Å². The normalized spacial score (nSPS) is 26.6. The maximum Gasteiger partial charge on any atom is 0.0221 e. The van der Waals surface area contributed by atoms with Gasteiger partial charge in [-0.1, -0.05) is 27.2 Å². The Labute approximate surface area is 106 Å². The fourth-order valence-corrected chi connectivity index (χ4v) is 3.05.